The first-order valence-corrected chi connectivity index (χ1v) is 25.4. The van der Waals surface area contributed by atoms with Crippen molar-refractivity contribution in [1.82, 2.24) is 0 Å². The zero-order chi connectivity index (χ0) is 53.8. The maximum Gasteiger partial charge on any atom is 0.416 e. The third-order valence-corrected chi connectivity index (χ3v) is 13.0. The van der Waals surface area contributed by atoms with Crippen LogP contribution >= 0.6 is 9.24 Å². The van der Waals surface area contributed by atoms with E-state index in [2.05, 4.69) is 96.7 Å². The van der Waals surface area contributed by atoms with E-state index in [1.165, 1.54) is 24.3 Å². The van der Waals surface area contributed by atoms with Gasteiger partial charge in [-0.25, -0.2) is 19.9 Å². The lowest BCUT2D eigenvalue weighted by Gasteiger charge is -2.24. The van der Waals surface area contributed by atoms with Crippen LogP contribution in [0, 0.1) is 42.1 Å². The van der Waals surface area contributed by atoms with Gasteiger partial charge in [0, 0.05) is 28.6 Å². The molecule has 1 aliphatic rings. The molecule has 9 rings (SSSR count). The van der Waals surface area contributed by atoms with E-state index in [-0.39, 0.29) is 17.1 Å². The van der Waals surface area contributed by atoms with Gasteiger partial charge in [-0.1, -0.05) is 177 Å². The lowest BCUT2D eigenvalue weighted by atomic mass is 9.56. The van der Waals surface area contributed by atoms with Crippen molar-refractivity contribution in [3.8, 4) is 23.1 Å². The monoisotopic (exact) mass is 1010 g/mol. The Balaban J connectivity index is 0.000000958. The van der Waals surface area contributed by atoms with Crippen LogP contribution in [-0.2, 0) is 11.0 Å². The molecule has 0 amide bonds. The zero-order valence-corrected chi connectivity index (χ0v) is 43.6. The van der Waals surface area contributed by atoms with Crippen molar-refractivity contribution < 1.29 is 22.4 Å². The van der Waals surface area contributed by atoms with Gasteiger partial charge < -0.3 is 0 Å². The average molecular weight is 1010 g/mol. The summed E-state index contributed by atoms with van der Waals surface area (Å²) in [5, 5.41) is 17.9. The van der Waals surface area contributed by atoms with E-state index in [9.17, 15) is 22.4 Å². The van der Waals surface area contributed by atoms with Crippen molar-refractivity contribution in [3.05, 3.63) is 267 Å². The molecule has 8 aromatic carbocycles. The Labute approximate surface area is 439 Å². The number of alkyl halides is 3. The molecule has 1 heterocycles. The summed E-state index contributed by atoms with van der Waals surface area (Å²) in [7, 11) is 2.42. The van der Waals surface area contributed by atoms with Crippen molar-refractivity contribution in [3.63, 3.8) is 0 Å². The van der Waals surface area contributed by atoms with Gasteiger partial charge in [-0.05, 0) is 141 Å². The Bertz CT molecular complexity index is 3610. The van der Waals surface area contributed by atoms with E-state index in [1.807, 2.05) is 92.5 Å². The molecule has 0 radical (unpaired) electrons. The highest BCUT2D eigenvalue weighted by atomic mass is 31.0. The first kappa shape index (κ1) is 54.3. The number of halogens is 4. The van der Waals surface area contributed by atoms with E-state index >= 15 is 0 Å². The standard InChI is InChI=1S/C61H45F4NO.C3H3BN2.CH5P/c1-38-24-27-48(36-52(38)54-39(2)25-26-43-16-14-15-23-51(43)54)57(60-58(46-21-12-7-13-22-46)53(37-67)59(66-60)47-28-32-49(33-29-47)61(63,64)65)41(4)56(45-19-10-6-11-20-45)55(44-17-8-5-9-18-44)40(3)42-30-34-50(62)35-31-42;1-4(2-5)3-6;1-2/h5-37H,1-4H3;1H3;2H2,1H3/b55-40+,56-41+,60-57+;;. The maximum absolute atomic E-state index is 14.5. The third kappa shape index (κ3) is 12.0. The van der Waals surface area contributed by atoms with Crippen LogP contribution in [0.3, 0.4) is 0 Å². The van der Waals surface area contributed by atoms with Crippen molar-refractivity contribution in [1.29, 1.82) is 10.5 Å². The molecular formula is C65H53BF4N3OP. The van der Waals surface area contributed by atoms with E-state index in [4.69, 9.17) is 15.5 Å². The first-order chi connectivity index (χ1) is 36.2. The summed E-state index contributed by atoms with van der Waals surface area (Å²) in [5.41, 5.74) is 13.8. The summed E-state index contributed by atoms with van der Waals surface area (Å²) >= 11 is 0. The zero-order valence-electron chi connectivity index (χ0n) is 42.5. The molecule has 0 aromatic heterocycles. The van der Waals surface area contributed by atoms with Crippen LogP contribution in [0.2, 0.25) is 6.82 Å². The SMILES string of the molecule is CB(C#N)C#N.CC(/C(=C1\N=C(c2ccc(C(F)(F)F)cc2)C(C=O)=C1c1ccccc1)c1ccc(C)c(-c2c(C)ccc3ccccc23)c1)=C(\C(=C(/C)c1ccc(F)cc1)c1ccccc1)c1ccccc1.CP. The normalized spacial score (nSPS) is 13.4. The Morgan fingerprint density at radius 1 is 0.613 bits per heavy atom. The highest BCUT2D eigenvalue weighted by Crippen LogP contribution is 2.49. The molecule has 4 nitrogen and oxygen atoms in total. The number of hydrogen-bond acceptors (Lipinski definition) is 4. The van der Waals surface area contributed by atoms with Gasteiger partial charge in [0.15, 0.2) is 6.29 Å². The van der Waals surface area contributed by atoms with Gasteiger partial charge in [-0.15, -0.1) is 9.24 Å². The number of nitrogens with zero attached hydrogens (tertiary/aromatic N) is 3. The molecule has 75 heavy (non-hydrogen) atoms. The summed E-state index contributed by atoms with van der Waals surface area (Å²) < 4.78 is 56.3. The summed E-state index contributed by atoms with van der Waals surface area (Å²) in [4.78, 5) is 19.0. The Morgan fingerprint density at radius 2 is 1.15 bits per heavy atom. The van der Waals surface area contributed by atoms with Crippen molar-refractivity contribution in [2.24, 2.45) is 4.99 Å². The van der Waals surface area contributed by atoms with Gasteiger partial charge in [0.25, 0.3) is 0 Å². The van der Waals surface area contributed by atoms with Crippen LogP contribution in [-0.4, -0.2) is 25.4 Å². The highest BCUT2D eigenvalue weighted by molar-refractivity contribution is 7.15. The molecule has 0 fully saturated rings. The van der Waals surface area contributed by atoms with Crippen LogP contribution in [0.25, 0.3) is 49.8 Å². The number of allylic oxidation sites excluding steroid dienone is 7. The number of aliphatic imine (C=N–C) groups is 1. The van der Waals surface area contributed by atoms with Crippen LogP contribution in [0.4, 0.5) is 17.6 Å². The molecule has 0 saturated carbocycles. The molecule has 0 saturated heterocycles. The molecule has 1 aliphatic heterocycles. The fourth-order valence-electron chi connectivity index (χ4n) is 9.32. The van der Waals surface area contributed by atoms with Crippen molar-refractivity contribution in [2.45, 2.75) is 40.7 Å². The number of carbonyl (C=O) groups excluding carboxylic acids is 1. The molecular weight excluding hydrogens is 957 g/mol. The second-order valence-corrected chi connectivity index (χ2v) is 17.8. The Hall–Kier alpha value is -8.49. The number of aryl methyl sites for hydroxylation is 2. The molecule has 0 aliphatic carbocycles. The summed E-state index contributed by atoms with van der Waals surface area (Å²) in [5.74, 6) is 3.16. The van der Waals surface area contributed by atoms with Crippen LogP contribution in [0.5, 0.6) is 0 Å². The molecule has 8 aromatic rings. The summed E-state index contributed by atoms with van der Waals surface area (Å²) in [6, 6.07) is 60.0. The summed E-state index contributed by atoms with van der Waals surface area (Å²) in [6.45, 7) is 11.4. The molecule has 0 spiro atoms. The fraction of sp³-hybridized carbons (Fsp3) is 0.108. The fourth-order valence-corrected chi connectivity index (χ4v) is 9.32. The second kappa shape index (κ2) is 24.5. The van der Waals surface area contributed by atoms with E-state index in [0.717, 1.165) is 107 Å². The Kier molecular flexibility index (Phi) is 17.7. The predicted octanol–water partition coefficient (Wildman–Crippen LogP) is 17.0. The summed E-state index contributed by atoms with van der Waals surface area (Å²) in [6.07, 6.45) is -3.79. The largest absolute Gasteiger partial charge is 0.416 e. The van der Waals surface area contributed by atoms with Gasteiger partial charge in [0.1, 0.15) is 5.82 Å². The van der Waals surface area contributed by atoms with Crippen LogP contribution in [0.15, 0.2) is 216 Å². The van der Waals surface area contributed by atoms with Crippen molar-refractivity contribution in [2.75, 3.05) is 6.66 Å². The van der Waals surface area contributed by atoms with Crippen LogP contribution in [0.1, 0.15) is 63.9 Å². The van der Waals surface area contributed by atoms with E-state index in [1.54, 1.807) is 30.9 Å². The molecule has 0 N–H and O–H groups in total. The van der Waals surface area contributed by atoms with Gasteiger partial charge >= 0.3 is 12.9 Å². The highest BCUT2D eigenvalue weighted by Gasteiger charge is 2.33. The van der Waals surface area contributed by atoms with Crippen molar-refractivity contribution >= 4 is 66.6 Å². The number of carbonyl (C=O) groups is 1. The second-order valence-electron chi connectivity index (χ2n) is 17.8. The number of aldehydes is 1. The smallest absolute Gasteiger partial charge is 0.298 e. The molecule has 10 heteroatoms. The van der Waals surface area contributed by atoms with E-state index < -0.39 is 18.5 Å². The topological polar surface area (TPSA) is 77.0 Å². The van der Waals surface area contributed by atoms with Crippen LogP contribution < -0.4 is 0 Å². The van der Waals surface area contributed by atoms with E-state index in [0.29, 0.717) is 16.8 Å². The maximum atomic E-state index is 14.5. The Morgan fingerprint density at radius 3 is 1.71 bits per heavy atom. The van der Waals surface area contributed by atoms with Gasteiger partial charge in [0.2, 0.25) is 0 Å². The number of benzene rings is 8. The first-order valence-electron chi connectivity index (χ1n) is 24.3. The molecule has 370 valence electrons. The van der Waals surface area contributed by atoms with Gasteiger partial charge in [-0.2, -0.15) is 13.2 Å². The third-order valence-electron chi connectivity index (χ3n) is 13.0. The number of hydrogen-bond donors (Lipinski definition) is 0. The lowest BCUT2D eigenvalue weighted by Crippen LogP contribution is -2.07. The van der Waals surface area contributed by atoms with Gasteiger partial charge in [0.05, 0.1) is 22.5 Å². The molecule has 1 unspecified atom stereocenters. The van der Waals surface area contributed by atoms with Gasteiger partial charge in [-0.3, -0.25) is 4.79 Å². The minimum Gasteiger partial charge on any atom is -0.298 e. The minimum atomic E-state index is -4.55. The predicted molar refractivity (Wildman–Crippen MR) is 306 cm³/mol. The lowest BCUT2D eigenvalue weighted by molar-refractivity contribution is -0.137. The number of fused-ring (bicyclic) bond motifs is 1. The number of rotatable bonds is 10. The minimum absolute atomic E-state index is 0.256. The average Bonchev–Trinajstić information content (AvgIpc) is 3.84. The number of nitriles is 2. The quantitative estimate of drug-likeness (QED) is 0.0342. The molecule has 1 atom stereocenters. The molecule has 0 bridgehead atoms.